The third-order valence-corrected chi connectivity index (χ3v) is 3.36. The molecule has 1 atom stereocenters. The summed E-state index contributed by atoms with van der Waals surface area (Å²) < 4.78 is 1.33. The summed E-state index contributed by atoms with van der Waals surface area (Å²) in [6.07, 6.45) is 2.08. The summed E-state index contributed by atoms with van der Waals surface area (Å²) in [6.45, 7) is 4.31. The zero-order valence-electron chi connectivity index (χ0n) is 8.18. The van der Waals surface area contributed by atoms with Crippen molar-refractivity contribution in [2.75, 3.05) is 0 Å². The first-order valence-corrected chi connectivity index (χ1v) is 5.81. The molecule has 0 aromatic heterocycles. The van der Waals surface area contributed by atoms with Crippen molar-refractivity contribution in [3.63, 3.8) is 0 Å². The molecule has 0 radical (unpaired) electrons. The molecule has 1 aromatic rings. The van der Waals surface area contributed by atoms with Crippen LogP contribution in [0.15, 0.2) is 18.2 Å². The maximum atomic E-state index is 6.04. The van der Waals surface area contributed by atoms with Gasteiger partial charge in [0.2, 0.25) is 0 Å². The SMILES string of the molecule is CCc1c(I)cccc1C(N)CC. The predicted molar refractivity (Wildman–Crippen MR) is 65.8 cm³/mol. The van der Waals surface area contributed by atoms with Crippen molar-refractivity contribution in [3.05, 3.63) is 32.9 Å². The lowest BCUT2D eigenvalue weighted by Gasteiger charge is -2.15. The molecular formula is C11H16IN. The van der Waals surface area contributed by atoms with E-state index >= 15 is 0 Å². The largest absolute Gasteiger partial charge is 0.324 e. The van der Waals surface area contributed by atoms with E-state index in [2.05, 4.69) is 54.6 Å². The van der Waals surface area contributed by atoms with Gasteiger partial charge in [0.05, 0.1) is 0 Å². The average Bonchev–Trinajstić information content (AvgIpc) is 2.16. The van der Waals surface area contributed by atoms with E-state index in [1.165, 1.54) is 14.7 Å². The Balaban J connectivity index is 3.12. The minimum absolute atomic E-state index is 0.199. The van der Waals surface area contributed by atoms with Crippen LogP contribution in [-0.4, -0.2) is 0 Å². The lowest BCUT2D eigenvalue weighted by molar-refractivity contribution is 0.689. The number of benzene rings is 1. The Morgan fingerprint density at radius 3 is 2.62 bits per heavy atom. The van der Waals surface area contributed by atoms with Gasteiger partial charge in [-0.15, -0.1) is 0 Å². The summed E-state index contributed by atoms with van der Waals surface area (Å²) in [5.74, 6) is 0. The molecule has 2 N–H and O–H groups in total. The fraction of sp³-hybridized carbons (Fsp3) is 0.455. The topological polar surface area (TPSA) is 26.0 Å². The van der Waals surface area contributed by atoms with Crippen molar-refractivity contribution in [3.8, 4) is 0 Å². The van der Waals surface area contributed by atoms with Gasteiger partial charge in [-0.05, 0) is 52.6 Å². The molecule has 13 heavy (non-hydrogen) atoms. The summed E-state index contributed by atoms with van der Waals surface area (Å²) in [6, 6.07) is 6.58. The Morgan fingerprint density at radius 1 is 1.38 bits per heavy atom. The molecule has 0 saturated carbocycles. The number of halogens is 1. The highest BCUT2D eigenvalue weighted by atomic mass is 127. The summed E-state index contributed by atoms with van der Waals surface area (Å²) in [4.78, 5) is 0. The van der Waals surface area contributed by atoms with Gasteiger partial charge in [0.1, 0.15) is 0 Å². The van der Waals surface area contributed by atoms with Gasteiger partial charge < -0.3 is 5.73 Å². The summed E-state index contributed by atoms with van der Waals surface area (Å²) >= 11 is 2.38. The van der Waals surface area contributed by atoms with Crippen molar-refractivity contribution in [2.45, 2.75) is 32.7 Å². The van der Waals surface area contributed by atoms with Gasteiger partial charge in [-0.25, -0.2) is 0 Å². The molecule has 1 unspecified atom stereocenters. The van der Waals surface area contributed by atoms with Gasteiger partial charge in [0.15, 0.2) is 0 Å². The van der Waals surface area contributed by atoms with Crippen molar-refractivity contribution in [2.24, 2.45) is 5.73 Å². The standard InChI is InChI=1S/C11H16IN/c1-3-8-9(11(13)4-2)6-5-7-10(8)12/h5-7,11H,3-4,13H2,1-2H3. The molecule has 1 aromatic carbocycles. The Hall–Kier alpha value is -0.0900. The highest BCUT2D eigenvalue weighted by molar-refractivity contribution is 14.1. The van der Waals surface area contributed by atoms with Crippen LogP contribution in [0.1, 0.15) is 37.4 Å². The van der Waals surface area contributed by atoms with Crippen LogP contribution >= 0.6 is 22.6 Å². The van der Waals surface area contributed by atoms with E-state index in [1.54, 1.807) is 0 Å². The Morgan fingerprint density at radius 2 is 2.08 bits per heavy atom. The number of nitrogens with two attached hydrogens (primary N) is 1. The van der Waals surface area contributed by atoms with Crippen molar-refractivity contribution < 1.29 is 0 Å². The van der Waals surface area contributed by atoms with Crippen LogP contribution in [0.2, 0.25) is 0 Å². The van der Waals surface area contributed by atoms with Crippen LogP contribution in [0.4, 0.5) is 0 Å². The van der Waals surface area contributed by atoms with Crippen LogP contribution in [0, 0.1) is 3.57 Å². The van der Waals surface area contributed by atoms with Gasteiger partial charge in [0, 0.05) is 9.61 Å². The number of hydrogen-bond acceptors (Lipinski definition) is 1. The monoisotopic (exact) mass is 289 g/mol. The van der Waals surface area contributed by atoms with Gasteiger partial charge >= 0.3 is 0 Å². The molecular weight excluding hydrogens is 273 g/mol. The lowest BCUT2D eigenvalue weighted by atomic mass is 9.98. The highest BCUT2D eigenvalue weighted by Crippen LogP contribution is 2.23. The van der Waals surface area contributed by atoms with Crippen molar-refractivity contribution >= 4 is 22.6 Å². The van der Waals surface area contributed by atoms with Crippen LogP contribution in [-0.2, 0) is 6.42 Å². The van der Waals surface area contributed by atoms with E-state index in [9.17, 15) is 0 Å². The maximum absolute atomic E-state index is 6.04. The van der Waals surface area contributed by atoms with Crippen LogP contribution < -0.4 is 5.73 Å². The third-order valence-electron chi connectivity index (χ3n) is 2.35. The Kier molecular flexibility index (Phi) is 4.19. The molecule has 0 fully saturated rings. The van der Waals surface area contributed by atoms with E-state index in [0.29, 0.717) is 0 Å². The van der Waals surface area contributed by atoms with Crippen LogP contribution in [0.5, 0.6) is 0 Å². The fourth-order valence-corrected chi connectivity index (χ4v) is 2.42. The number of rotatable bonds is 3. The second kappa shape index (κ2) is 4.96. The molecule has 0 aliphatic carbocycles. The molecule has 0 aliphatic rings. The van der Waals surface area contributed by atoms with Gasteiger partial charge in [-0.2, -0.15) is 0 Å². The van der Waals surface area contributed by atoms with Crippen LogP contribution in [0.25, 0.3) is 0 Å². The maximum Gasteiger partial charge on any atom is 0.0295 e. The van der Waals surface area contributed by atoms with Crippen molar-refractivity contribution in [1.82, 2.24) is 0 Å². The lowest BCUT2D eigenvalue weighted by Crippen LogP contribution is -2.11. The smallest absolute Gasteiger partial charge is 0.0295 e. The Labute approximate surface area is 93.9 Å². The molecule has 1 rings (SSSR count). The molecule has 0 heterocycles. The second-order valence-electron chi connectivity index (χ2n) is 3.18. The zero-order valence-corrected chi connectivity index (χ0v) is 10.3. The predicted octanol–water partition coefficient (Wildman–Crippen LogP) is 3.26. The van der Waals surface area contributed by atoms with E-state index in [-0.39, 0.29) is 6.04 Å². The van der Waals surface area contributed by atoms with Gasteiger partial charge in [-0.3, -0.25) is 0 Å². The molecule has 0 bridgehead atoms. The first-order valence-electron chi connectivity index (χ1n) is 4.73. The van der Waals surface area contributed by atoms with E-state index < -0.39 is 0 Å². The molecule has 0 amide bonds. The highest BCUT2D eigenvalue weighted by Gasteiger charge is 2.09. The zero-order chi connectivity index (χ0) is 9.84. The van der Waals surface area contributed by atoms with Gasteiger partial charge in [0.25, 0.3) is 0 Å². The third kappa shape index (κ3) is 2.44. The molecule has 0 spiro atoms. The van der Waals surface area contributed by atoms with Crippen LogP contribution in [0.3, 0.4) is 0 Å². The quantitative estimate of drug-likeness (QED) is 0.849. The molecule has 0 saturated heterocycles. The average molecular weight is 289 g/mol. The van der Waals surface area contributed by atoms with E-state index in [0.717, 1.165) is 12.8 Å². The minimum Gasteiger partial charge on any atom is -0.324 e. The first kappa shape index (κ1) is 11.0. The molecule has 2 heteroatoms. The number of hydrogen-bond donors (Lipinski definition) is 1. The minimum atomic E-state index is 0.199. The molecule has 72 valence electrons. The normalized spacial score (nSPS) is 12.9. The molecule has 0 aliphatic heterocycles. The first-order chi connectivity index (χ1) is 6.20. The van der Waals surface area contributed by atoms with E-state index in [4.69, 9.17) is 5.73 Å². The van der Waals surface area contributed by atoms with Crippen molar-refractivity contribution in [1.29, 1.82) is 0 Å². The fourth-order valence-electron chi connectivity index (χ4n) is 1.52. The Bertz CT molecular complexity index is 283. The molecule has 1 nitrogen and oxygen atoms in total. The second-order valence-corrected chi connectivity index (χ2v) is 4.34. The van der Waals surface area contributed by atoms with Gasteiger partial charge in [-0.1, -0.05) is 26.0 Å². The summed E-state index contributed by atoms with van der Waals surface area (Å²) in [5, 5.41) is 0. The summed E-state index contributed by atoms with van der Waals surface area (Å²) in [5.41, 5.74) is 8.77. The van der Waals surface area contributed by atoms with E-state index in [1.807, 2.05) is 0 Å². The summed E-state index contributed by atoms with van der Waals surface area (Å²) in [7, 11) is 0.